The first-order valence-electron chi connectivity index (χ1n) is 7.39. The summed E-state index contributed by atoms with van der Waals surface area (Å²) in [6.45, 7) is 3.81. The molecule has 0 bridgehead atoms. The van der Waals surface area contributed by atoms with Crippen LogP contribution in [0.15, 0.2) is 30.3 Å². The van der Waals surface area contributed by atoms with Crippen molar-refractivity contribution in [1.82, 2.24) is 4.90 Å². The SMILES string of the molecule is Cl.Cl.NC(CCCN1CCCCCC1)c1ccccc1. The second-order valence-corrected chi connectivity index (χ2v) is 5.42. The Bertz CT molecular complexity index is 325. The number of nitrogens with zero attached hydrogens (tertiary/aromatic N) is 1. The molecule has 2 rings (SSSR count). The summed E-state index contributed by atoms with van der Waals surface area (Å²) in [5, 5.41) is 0. The molecule has 1 aliphatic rings. The lowest BCUT2D eigenvalue weighted by atomic mass is 10.0. The van der Waals surface area contributed by atoms with Crippen LogP contribution in [-0.2, 0) is 0 Å². The predicted octanol–water partition coefficient (Wildman–Crippen LogP) is 4.19. The van der Waals surface area contributed by atoms with Crippen LogP contribution in [0.2, 0.25) is 0 Å². The normalized spacial score (nSPS) is 17.4. The maximum atomic E-state index is 6.22. The Hall–Kier alpha value is -0.280. The van der Waals surface area contributed by atoms with Crippen molar-refractivity contribution >= 4 is 24.8 Å². The van der Waals surface area contributed by atoms with Gasteiger partial charge in [0.15, 0.2) is 0 Å². The minimum atomic E-state index is 0. The molecular weight excluding hydrogens is 291 g/mol. The Morgan fingerprint density at radius 3 is 2.15 bits per heavy atom. The second-order valence-electron chi connectivity index (χ2n) is 5.42. The van der Waals surface area contributed by atoms with Crippen LogP contribution in [0.4, 0.5) is 0 Å². The van der Waals surface area contributed by atoms with Crippen LogP contribution in [0.25, 0.3) is 0 Å². The van der Waals surface area contributed by atoms with Crippen LogP contribution < -0.4 is 5.73 Å². The molecule has 1 aromatic carbocycles. The second kappa shape index (κ2) is 11.4. The van der Waals surface area contributed by atoms with E-state index < -0.39 is 0 Å². The fourth-order valence-electron chi connectivity index (χ4n) is 2.76. The number of rotatable bonds is 5. The van der Waals surface area contributed by atoms with Crippen molar-refractivity contribution in [3.05, 3.63) is 35.9 Å². The highest BCUT2D eigenvalue weighted by Gasteiger charge is 2.10. The van der Waals surface area contributed by atoms with Crippen LogP contribution in [0.5, 0.6) is 0 Å². The zero-order chi connectivity index (χ0) is 12.6. The Morgan fingerprint density at radius 2 is 1.55 bits per heavy atom. The molecule has 0 saturated carbocycles. The van der Waals surface area contributed by atoms with Crippen molar-refractivity contribution in [2.75, 3.05) is 19.6 Å². The fraction of sp³-hybridized carbons (Fsp3) is 0.625. The number of nitrogens with two attached hydrogens (primary N) is 1. The summed E-state index contributed by atoms with van der Waals surface area (Å²) in [6, 6.07) is 10.7. The van der Waals surface area contributed by atoms with E-state index in [9.17, 15) is 0 Å². The molecule has 1 unspecified atom stereocenters. The van der Waals surface area contributed by atoms with Crippen molar-refractivity contribution < 1.29 is 0 Å². The predicted molar refractivity (Wildman–Crippen MR) is 92.0 cm³/mol. The third kappa shape index (κ3) is 6.94. The lowest BCUT2D eigenvalue weighted by Crippen LogP contribution is -2.26. The maximum absolute atomic E-state index is 6.22. The molecule has 0 spiro atoms. The molecule has 1 aromatic rings. The molecule has 1 saturated heterocycles. The molecule has 4 heteroatoms. The van der Waals surface area contributed by atoms with Crippen molar-refractivity contribution in [3.8, 4) is 0 Å². The van der Waals surface area contributed by atoms with Gasteiger partial charge in [0.2, 0.25) is 0 Å². The average Bonchev–Trinajstić information content (AvgIpc) is 2.68. The quantitative estimate of drug-likeness (QED) is 0.882. The van der Waals surface area contributed by atoms with Gasteiger partial charge in [-0.2, -0.15) is 0 Å². The van der Waals surface area contributed by atoms with Gasteiger partial charge < -0.3 is 10.6 Å². The van der Waals surface area contributed by atoms with Gasteiger partial charge in [-0.25, -0.2) is 0 Å². The molecule has 20 heavy (non-hydrogen) atoms. The van der Waals surface area contributed by atoms with Crippen molar-refractivity contribution in [3.63, 3.8) is 0 Å². The van der Waals surface area contributed by atoms with Gasteiger partial charge in [-0.3, -0.25) is 0 Å². The van der Waals surface area contributed by atoms with Crippen molar-refractivity contribution in [1.29, 1.82) is 0 Å². The van der Waals surface area contributed by atoms with E-state index in [1.807, 2.05) is 6.07 Å². The molecule has 0 aromatic heterocycles. The summed E-state index contributed by atoms with van der Waals surface area (Å²) in [5.74, 6) is 0. The first kappa shape index (κ1) is 19.7. The Balaban J connectivity index is 0.00000180. The number of benzene rings is 1. The van der Waals surface area contributed by atoms with Crippen LogP contribution in [-0.4, -0.2) is 24.5 Å². The van der Waals surface area contributed by atoms with E-state index in [1.54, 1.807) is 0 Å². The largest absolute Gasteiger partial charge is 0.324 e. The Morgan fingerprint density at radius 1 is 0.950 bits per heavy atom. The molecule has 1 atom stereocenters. The average molecular weight is 319 g/mol. The molecule has 2 N–H and O–H groups in total. The fourth-order valence-corrected chi connectivity index (χ4v) is 2.76. The van der Waals surface area contributed by atoms with Gasteiger partial charge >= 0.3 is 0 Å². The van der Waals surface area contributed by atoms with Gasteiger partial charge in [-0.05, 0) is 50.9 Å². The van der Waals surface area contributed by atoms with Gasteiger partial charge in [0, 0.05) is 6.04 Å². The molecule has 0 radical (unpaired) electrons. The molecule has 1 aliphatic heterocycles. The standard InChI is InChI=1S/C16H26N2.2ClH/c17-16(15-9-4-3-5-10-15)11-8-14-18-12-6-1-2-7-13-18;;/h3-5,9-10,16H,1-2,6-8,11-14,17H2;2*1H. The number of hydrogen-bond acceptors (Lipinski definition) is 2. The molecule has 1 fully saturated rings. The van der Waals surface area contributed by atoms with E-state index in [1.165, 1.54) is 57.3 Å². The highest BCUT2D eigenvalue weighted by Crippen LogP contribution is 2.16. The topological polar surface area (TPSA) is 29.3 Å². The smallest absolute Gasteiger partial charge is 0.0295 e. The Kier molecular flexibility index (Phi) is 11.2. The van der Waals surface area contributed by atoms with Gasteiger partial charge in [-0.1, -0.05) is 43.2 Å². The summed E-state index contributed by atoms with van der Waals surface area (Å²) in [6.07, 6.45) is 7.91. The number of halogens is 2. The monoisotopic (exact) mass is 318 g/mol. The van der Waals surface area contributed by atoms with E-state index in [2.05, 4.69) is 29.2 Å². The van der Waals surface area contributed by atoms with Crippen LogP contribution in [0, 0.1) is 0 Å². The molecular formula is C16H28Cl2N2. The van der Waals surface area contributed by atoms with Gasteiger partial charge in [0.05, 0.1) is 0 Å². The zero-order valence-electron chi connectivity index (χ0n) is 12.2. The van der Waals surface area contributed by atoms with Crippen LogP contribution >= 0.6 is 24.8 Å². The van der Waals surface area contributed by atoms with E-state index in [0.717, 1.165) is 6.42 Å². The first-order valence-corrected chi connectivity index (χ1v) is 7.39. The first-order chi connectivity index (χ1) is 8.86. The minimum Gasteiger partial charge on any atom is -0.324 e. The highest BCUT2D eigenvalue weighted by molar-refractivity contribution is 5.85. The van der Waals surface area contributed by atoms with E-state index in [-0.39, 0.29) is 30.9 Å². The molecule has 2 nitrogen and oxygen atoms in total. The third-order valence-corrected chi connectivity index (χ3v) is 3.92. The van der Waals surface area contributed by atoms with Crippen LogP contribution in [0.3, 0.4) is 0 Å². The summed E-state index contributed by atoms with van der Waals surface area (Å²) >= 11 is 0. The summed E-state index contributed by atoms with van der Waals surface area (Å²) < 4.78 is 0. The highest BCUT2D eigenvalue weighted by atomic mass is 35.5. The number of hydrogen-bond donors (Lipinski definition) is 1. The molecule has 1 heterocycles. The van der Waals surface area contributed by atoms with E-state index in [4.69, 9.17) is 5.73 Å². The summed E-state index contributed by atoms with van der Waals surface area (Å²) in [7, 11) is 0. The lowest BCUT2D eigenvalue weighted by Gasteiger charge is -2.20. The molecule has 0 aliphatic carbocycles. The van der Waals surface area contributed by atoms with Crippen molar-refractivity contribution in [2.45, 2.75) is 44.6 Å². The van der Waals surface area contributed by atoms with Crippen molar-refractivity contribution in [2.24, 2.45) is 5.73 Å². The van der Waals surface area contributed by atoms with Gasteiger partial charge in [0.1, 0.15) is 0 Å². The summed E-state index contributed by atoms with van der Waals surface area (Å²) in [4.78, 5) is 2.62. The minimum absolute atomic E-state index is 0. The van der Waals surface area contributed by atoms with Gasteiger partial charge in [-0.15, -0.1) is 24.8 Å². The van der Waals surface area contributed by atoms with Gasteiger partial charge in [0.25, 0.3) is 0 Å². The zero-order valence-corrected chi connectivity index (χ0v) is 13.8. The van der Waals surface area contributed by atoms with E-state index >= 15 is 0 Å². The van der Waals surface area contributed by atoms with E-state index in [0.29, 0.717) is 0 Å². The summed E-state index contributed by atoms with van der Waals surface area (Å²) in [5.41, 5.74) is 7.49. The third-order valence-electron chi connectivity index (χ3n) is 3.92. The lowest BCUT2D eigenvalue weighted by molar-refractivity contribution is 0.276. The number of likely N-dealkylation sites (tertiary alicyclic amines) is 1. The Labute approximate surface area is 135 Å². The molecule has 116 valence electrons. The maximum Gasteiger partial charge on any atom is 0.0295 e. The van der Waals surface area contributed by atoms with Crippen LogP contribution in [0.1, 0.15) is 50.1 Å². The molecule has 0 amide bonds.